The minimum atomic E-state index is -0.873. The molecule has 2 aromatic rings. The Kier molecular flexibility index (Phi) is 4.32. The second-order valence-corrected chi connectivity index (χ2v) is 3.96. The molecule has 1 heterocycles. The van der Waals surface area contributed by atoms with Crippen LogP contribution in [0.1, 0.15) is 20.7 Å². The van der Waals surface area contributed by atoms with Crippen LogP contribution in [-0.4, -0.2) is 22.0 Å². The largest absolute Gasteiger partial charge is 0.507 e. The summed E-state index contributed by atoms with van der Waals surface area (Å²) in [5, 5.41) is 9.55. The Morgan fingerprint density at radius 3 is 2.57 bits per heavy atom. The van der Waals surface area contributed by atoms with E-state index in [2.05, 4.69) is 15.2 Å². The zero-order valence-electron chi connectivity index (χ0n) is 10.7. The van der Waals surface area contributed by atoms with Crippen LogP contribution in [0.25, 0.3) is 0 Å². The molecule has 0 spiro atoms. The molecule has 21 heavy (non-hydrogen) atoms. The zero-order valence-corrected chi connectivity index (χ0v) is 10.7. The summed E-state index contributed by atoms with van der Waals surface area (Å²) in [4.78, 5) is 31.6. The predicted molar refractivity (Wildman–Crippen MR) is 72.8 cm³/mol. The van der Waals surface area contributed by atoms with Gasteiger partial charge < -0.3 is 15.7 Å². The number of aromatic nitrogens is 1. The Hall–Kier alpha value is -3.13. The fourth-order valence-electron chi connectivity index (χ4n) is 1.47. The molecule has 8 nitrogen and oxygen atoms in total. The Morgan fingerprint density at radius 2 is 1.90 bits per heavy atom. The number of carbonyl (C=O) groups excluding carboxylic acids is 2. The first-order chi connectivity index (χ1) is 10.1. The molecule has 0 aliphatic carbocycles. The van der Waals surface area contributed by atoms with Crippen molar-refractivity contribution in [3.63, 3.8) is 0 Å². The van der Waals surface area contributed by atoms with Crippen molar-refractivity contribution in [2.45, 2.75) is 0 Å². The lowest BCUT2D eigenvalue weighted by Gasteiger charge is -2.08. The molecule has 2 rings (SSSR count). The van der Waals surface area contributed by atoms with Crippen LogP contribution in [0.15, 0.2) is 42.7 Å². The van der Waals surface area contributed by atoms with Gasteiger partial charge in [0.25, 0.3) is 5.91 Å². The number of benzene rings is 1. The number of phenolic OH excluding ortho intramolecular Hbond substituents is 1. The number of nitrogens with one attached hydrogen (secondary N) is 2. The van der Waals surface area contributed by atoms with Crippen molar-refractivity contribution in [2.75, 3.05) is 5.73 Å². The summed E-state index contributed by atoms with van der Waals surface area (Å²) >= 11 is 0. The van der Waals surface area contributed by atoms with E-state index in [1.807, 2.05) is 5.59 Å². The van der Waals surface area contributed by atoms with Crippen molar-refractivity contribution < 1.29 is 19.5 Å². The third kappa shape index (κ3) is 3.67. The molecule has 0 bridgehead atoms. The second-order valence-electron chi connectivity index (χ2n) is 3.96. The van der Waals surface area contributed by atoms with E-state index in [4.69, 9.17) is 5.73 Å². The van der Waals surface area contributed by atoms with Gasteiger partial charge in [0.15, 0.2) is 0 Å². The number of hydrazine groups is 1. The molecule has 0 saturated heterocycles. The number of phenols is 1. The van der Waals surface area contributed by atoms with E-state index in [0.29, 0.717) is 11.3 Å². The minimum Gasteiger partial charge on any atom is -0.507 e. The highest BCUT2D eigenvalue weighted by molar-refractivity contribution is 5.94. The van der Waals surface area contributed by atoms with Gasteiger partial charge in [-0.05, 0) is 24.3 Å². The molecule has 0 aliphatic rings. The Bertz CT molecular complexity index is 660. The summed E-state index contributed by atoms with van der Waals surface area (Å²) in [6, 6.07) is 6.94. The van der Waals surface area contributed by atoms with Crippen molar-refractivity contribution in [3.8, 4) is 5.75 Å². The van der Waals surface area contributed by atoms with Gasteiger partial charge in [0.2, 0.25) is 0 Å². The van der Waals surface area contributed by atoms with Crippen LogP contribution in [0.4, 0.5) is 5.69 Å². The van der Waals surface area contributed by atoms with E-state index in [0.717, 1.165) is 0 Å². The summed E-state index contributed by atoms with van der Waals surface area (Å²) in [5.74, 6) is -1.70. The SMILES string of the molecule is Nc1ccc(C(=O)ONNC(=O)c2ccncc2)c(O)c1. The number of rotatable bonds is 4. The van der Waals surface area contributed by atoms with Gasteiger partial charge in [-0.3, -0.25) is 15.2 Å². The first-order valence-corrected chi connectivity index (χ1v) is 5.83. The van der Waals surface area contributed by atoms with Gasteiger partial charge in [0.05, 0.1) is 0 Å². The van der Waals surface area contributed by atoms with Gasteiger partial charge in [-0.25, -0.2) is 4.79 Å². The van der Waals surface area contributed by atoms with Gasteiger partial charge in [0.1, 0.15) is 11.3 Å². The zero-order chi connectivity index (χ0) is 15.2. The maximum absolute atomic E-state index is 11.6. The van der Waals surface area contributed by atoms with Crippen molar-refractivity contribution >= 4 is 17.6 Å². The molecule has 0 aliphatic heterocycles. The molecule has 0 saturated carbocycles. The van der Waals surface area contributed by atoms with Gasteiger partial charge in [-0.15, -0.1) is 0 Å². The van der Waals surface area contributed by atoms with Crippen LogP contribution in [0.2, 0.25) is 0 Å². The van der Waals surface area contributed by atoms with E-state index in [-0.39, 0.29) is 11.3 Å². The highest BCUT2D eigenvalue weighted by Gasteiger charge is 2.13. The summed E-state index contributed by atoms with van der Waals surface area (Å²) in [6.45, 7) is 0. The Balaban J connectivity index is 1.89. The molecule has 0 atom stereocenters. The number of amides is 1. The maximum Gasteiger partial charge on any atom is 0.362 e. The van der Waals surface area contributed by atoms with E-state index >= 15 is 0 Å². The van der Waals surface area contributed by atoms with Crippen LogP contribution < -0.4 is 16.7 Å². The Morgan fingerprint density at radius 1 is 1.19 bits per heavy atom. The lowest BCUT2D eigenvalue weighted by atomic mass is 10.2. The van der Waals surface area contributed by atoms with Crippen LogP contribution in [0.5, 0.6) is 5.75 Å². The van der Waals surface area contributed by atoms with Crippen LogP contribution in [-0.2, 0) is 4.84 Å². The van der Waals surface area contributed by atoms with Crippen molar-refractivity contribution in [2.24, 2.45) is 0 Å². The van der Waals surface area contributed by atoms with Crippen molar-refractivity contribution in [3.05, 3.63) is 53.9 Å². The van der Waals surface area contributed by atoms with Gasteiger partial charge in [0, 0.05) is 29.7 Å². The molecule has 108 valence electrons. The number of nitrogens with two attached hydrogens (primary N) is 1. The number of pyridine rings is 1. The van der Waals surface area contributed by atoms with Crippen LogP contribution in [0, 0.1) is 0 Å². The van der Waals surface area contributed by atoms with Crippen LogP contribution >= 0.6 is 0 Å². The number of aromatic hydroxyl groups is 1. The predicted octanol–water partition coefficient (Wildman–Crippen LogP) is 0.376. The van der Waals surface area contributed by atoms with Gasteiger partial charge in [-0.2, -0.15) is 0 Å². The number of hydrogen-bond acceptors (Lipinski definition) is 7. The molecule has 0 radical (unpaired) electrons. The Labute approximate surface area is 119 Å². The number of hydrogen-bond donors (Lipinski definition) is 4. The smallest absolute Gasteiger partial charge is 0.362 e. The minimum absolute atomic E-state index is 0.0881. The topological polar surface area (TPSA) is 127 Å². The summed E-state index contributed by atoms with van der Waals surface area (Å²) in [5.41, 5.74) is 10.2. The van der Waals surface area contributed by atoms with E-state index in [9.17, 15) is 14.7 Å². The molecule has 8 heteroatoms. The van der Waals surface area contributed by atoms with Gasteiger partial charge in [-0.1, -0.05) is 5.59 Å². The lowest BCUT2D eigenvalue weighted by molar-refractivity contribution is 0.0135. The number of nitrogen functional groups attached to an aromatic ring is 1. The van der Waals surface area contributed by atoms with Crippen molar-refractivity contribution in [1.82, 2.24) is 16.0 Å². The molecule has 1 amide bonds. The monoisotopic (exact) mass is 288 g/mol. The average Bonchev–Trinajstić information content (AvgIpc) is 2.47. The van der Waals surface area contributed by atoms with Gasteiger partial charge >= 0.3 is 5.97 Å². The molecule has 0 fully saturated rings. The molecular formula is C13H12N4O4. The highest BCUT2D eigenvalue weighted by atomic mass is 16.7. The quantitative estimate of drug-likeness (QED) is 0.473. The molecular weight excluding hydrogens is 276 g/mol. The third-order valence-electron chi connectivity index (χ3n) is 2.49. The van der Waals surface area contributed by atoms with Crippen LogP contribution in [0.3, 0.4) is 0 Å². The average molecular weight is 288 g/mol. The second kappa shape index (κ2) is 6.35. The molecule has 5 N–H and O–H groups in total. The highest BCUT2D eigenvalue weighted by Crippen LogP contribution is 2.20. The standard InChI is InChI=1S/C13H12N4O4/c14-9-1-2-10(11(18)7-9)13(20)21-17-16-12(19)8-3-5-15-6-4-8/h1-7,17-18H,14H2,(H,16,19). The maximum atomic E-state index is 11.6. The molecule has 1 aromatic heterocycles. The molecule has 1 aromatic carbocycles. The summed E-state index contributed by atoms with van der Waals surface area (Å²) in [6.07, 6.45) is 2.90. The fourth-order valence-corrected chi connectivity index (χ4v) is 1.47. The fraction of sp³-hybridized carbons (Fsp3) is 0. The van der Waals surface area contributed by atoms with E-state index < -0.39 is 11.9 Å². The summed E-state index contributed by atoms with van der Waals surface area (Å²) in [7, 11) is 0. The third-order valence-corrected chi connectivity index (χ3v) is 2.49. The summed E-state index contributed by atoms with van der Waals surface area (Å²) < 4.78 is 0. The van der Waals surface area contributed by atoms with E-state index in [1.54, 1.807) is 0 Å². The first-order valence-electron chi connectivity index (χ1n) is 5.83. The number of anilines is 1. The van der Waals surface area contributed by atoms with Crippen molar-refractivity contribution in [1.29, 1.82) is 0 Å². The normalized spacial score (nSPS) is 9.90. The first kappa shape index (κ1) is 14.3. The molecule has 0 unspecified atom stereocenters. The number of nitrogens with zero attached hydrogens (tertiary/aromatic N) is 1. The van der Waals surface area contributed by atoms with E-state index in [1.165, 1.54) is 42.7 Å². The lowest BCUT2D eigenvalue weighted by Crippen LogP contribution is -2.38. The number of carbonyl (C=O) groups is 2.